The summed E-state index contributed by atoms with van der Waals surface area (Å²) in [5.41, 5.74) is 2.35. The van der Waals surface area contributed by atoms with E-state index in [9.17, 15) is 4.79 Å². The molecular formula is C16H17N5O. The first kappa shape index (κ1) is 14.1. The Hall–Kier alpha value is -2.81. The maximum absolute atomic E-state index is 12.6. The maximum Gasteiger partial charge on any atom is 0.250 e. The molecule has 0 spiro atoms. The summed E-state index contributed by atoms with van der Waals surface area (Å²) in [6.07, 6.45) is 0.739. The van der Waals surface area contributed by atoms with Crippen LogP contribution in [0, 0.1) is 18.3 Å². The Bertz CT molecular complexity index is 741. The fourth-order valence-corrected chi connectivity index (χ4v) is 2.73. The number of nitrogens with zero attached hydrogens (tertiary/aromatic N) is 4. The van der Waals surface area contributed by atoms with E-state index >= 15 is 0 Å². The van der Waals surface area contributed by atoms with Gasteiger partial charge in [0.1, 0.15) is 11.9 Å². The fraction of sp³-hybridized carbons (Fsp3) is 0.312. The van der Waals surface area contributed by atoms with Gasteiger partial charge in [-0.1, -0.05) is 0 Å². The maximum atomic E-state index is 12.6. The Labute approximate surface area is 129 Å². The van der Waals surface area contributed by atoms with Crippen molar-refractivity contribution in [3.8, 4) is 6.07 Å². The number of aromatic nitrogens is 2. The van der Waals surface area contributed by atoms with Crippen molar-refractivity contribution >= 4 is 17.4 Å². The average Bonchev–Trinajstić information content (AvgIpc) is 3.03. The van der Waals surface area contributed by atoms with Crippen LogP contribution in [0.25, 0.3) is 0 Å². The highest BCUT2D eigenvalue weighted by atomic mass is 16.2. The lowest BCUT2D eigenvalue weighted by molar-refractivity contribution is -0.117. The molecule has 3 rings (SSSR count). The first-order chi connectivity index (χ1) is 10.6. The number of benzene rings is 1. The highest BCUT2D eigenvalue weighted by Crippen LogP contribution is 2.24. The molecule has 0 radical (unpaired) electrons. The zero-order chi connectivity index (χ0) is 15.7. The van der Waals surface area contributed by atoms with Gasteiger partial charge in [0.2, 0.25) is 0 Å². The second-order valence-electron chi connectivity index (χ2n) is 5.43. The SMILES string of the molecule is Cc1cc(N2CCC(Nc3ccc(C#N)cc3)C2=O)n(C)n1. The van der Waals surface area contributed by atoms with E-state index < -0.39 is 0 Å². The molecule has 1 aliphatic rings. The Morgan fingerprint density at radius 2 is 2.09 bits per heavy atom. The number of hydrogen-bond donors (Lipinski definition) is 1. The molecule has 1 amide bonds. The van der Waals surface area contributed by atoms with Crippen molar-refractivity contribution in [2.45, 2.75) is 19.4 Å². The molecule has 1 unspecified atom stereocenters. The van der Waals surface area contributed by atoms with Crippen molar-refractivity contribution in [2.75, 3.05) is 16.8 Å². The van der Waals surface area contributed by atoms with Crippen LogP contribution >= 0.6 is 0 Å². The molecule has 6 nitrogen and oxygen atoms in total. The summed E-state index contributed by atoms with van der Waals surface area (Å²) >= 11 is 0. The number of anilines is 2. The summed E-state index contributed by atoms with van der Waals surface area (Å²) in [7, 11) is 1.84. The molecule has 22 heavy (non-hydrogen) atoms. The zero-order valence-corrected chi connectivity index (χ0v) is 12.6. The van der Waals surface area contributed by atoms with Gasteiger partial charge in [-0.3, -0.25) is 14.4 Å². The fourth-order valence-electron chi connectivity index (χ4n) is 2.73. The van der Waals surface area contributed by atoms with Crippen molar-refractivity contribution in [3.05, 3.63) is 41.6 Å². The van der Waals surface area contributed by atoms with Crippen LogP contribution in [0.2, 0.25) is 0 Å². The molecule has 2 heterocycles. The van der Waals surface area contributed by atoms with Crippen molar-refractivity contribution in [1.82, 2.24) is 9.78 Å². The Kier molecular flexibility index (Phi) is 3.55. The van der Waals surface area contributed by atoms with Gasteiger partial charge in [-0.15, -0.1) is 0 Å². The molecule has 6 heteroatoms. The minimum Gasteiger partial charge on any atom is -0.374 e. The Morgan fingerprint density at radius 3 is 2.68 bits per heavy atom. The zero-order valence-electron chi connectivity index (χ0n) is 12.6. The number of carbonyl (C=O) groups excluding carboxylic acids is 1. The number of nitriles is 1. The minimum atomic E-state index is -0.247. The molecule has 1 aromatic heterocycles. The van der Waals surface area contributed by atoms with Crippen LogP contribution in [0.15, 0.2) is 30.3 Å². The molecule has 0 bridgehead atoms. The third-order valence-electron chi connectivity index (χ3n) is 3.81. The third-order valence-corrected chi connectivity index (χ3v) is 3.81. The lowest BCUT2D eigenvalue weighted by atomic mass is 10.2. The first-order valence-corrected chi connectivity index (χ1v) is 7.17. The van der Waals surface area contributed by atoms with Gasteiger partial charge >= 0.3 is 0 Å². The van der Waals surface area contributed by atoms with Crippen LogP contribution < -0.4 is 10.2 Å². The number of amides is 1. The highest BCUT2D eigenvalue weighted by molar-refractivity contribution is 6.00. The van der Waals surface area contributed by atoms with Gasteiger partial charge < -0.3 is 5.32 Å². The van der Waals surface area contributed by atoms with E-state index in [1.165, 1.54) is 0 Å². The van der Waals surface area contributed by atoms with E-state index in [1.54, 1.807) is 21.7 Å². The lowest BCUT2D eigenvalue weighted by Gasteiger charge is -2.17. The van der Waals surface area contributed by atoms with E-state index in [1.807, 2.05) is 32.2 Å². The van der Waals surface area contributed by atoms with Crippen LogP contribution in [0.1, 0.15) is 17.7 Å². The van der Waals surface area contributed by atoms with Crippen molar-refractivity contribution < 1.29 is 4.79 Å². The van der Waals surface area contributed by atoms with Gasteiger partial charge in [-0.25, -0.2) is 0 Å². The predicted octanol–water partition coefficient (Wildman–Crippen LogP) is 1.82. The molecule has 1 N–H and O–H groups in total. The van der Waals surface area contributed by atoms with E-state index in [2.05, 4.69) is 16.5 Å². The van der Waals surface area contributed by atoms with Gasteiger partial charge in [0.25, 0.3) is 5.91 Å². The van der Waals surface area contributed by atoms with E-state index in [4.69, 9.17) is 5.26 Å². The standard InChI is InChI=1S/C16H17N5O/c1-11-9-15(20(2)19-11)21-8-7-14(16(21)22)18-13-5-3-12(10-17)4-6-13/h3-6,9,14,18H,7-8H2,1-2H3. The Morgan fingerprint density at radius 1 is 1.36 bits per heavy atom. The predicted molar refractivity (Wildman–Crippen MR) is 83.5 cm³/mol. The van der Waals surface area contributed by atoms with E-state index in [-0.39, 0.29) is 11.9 Å². The number of rotatable bonds is 3. The molecule has 2 aromatic rings. The van der Waals surface area contributed by atoms with Gasteiger partial charge in [0.05, 0.1) is 17.3 Å². The smallest absolute Gasteiger partial charge is 0.250 e. The largest absolute Gasteiger partial charge is 0.374 e. The summed E-state index contributed by atoms with van der Waals surface area (Å²) < 4.78 is 1.73. The molecule has 1 aliphatic heterocycles. The normalized spacial score (nSPS) is 17.6. The molecule has 0 aliphatic carbocycles. The molecule has 1 aromatic carbocycles. The summed E-state index contributed by atoms with van der Waals surface area (Å²) in [4.78, 5) is 14.3. The van der Waals surface area contributed by atoms with Crippen LogP contribution in [0.3, 0.4) is 0 Å². The van der Waals surface area contributed by atoms with Gasteiger partial charge in [0.15, 0.2) is 0 Å². The topological polar surface area (TPSA) is 74.0 Å². The molecular weight excluding hydrogens is 278 g/mol. The van der Waals surface area contributed by atoms with Crippen molar-refractivity contribution in [1.29, 1.82) is 5.26 Å². The van der Waals surface area contributed by atoms with Crippen LogP contribution in [0.4, 0.5) is 11.5 Å². The van der Waals surface area contributed by atoms with Crippen molar-refractivity contribution in [3.63, 3.8) is 0 Å². The van der Waals surface area contributed by atoms with Crippen molar-refractivity contribution in [2.24, 2.45) is 7.05 Å². The number of hydrogen-bond acceptors (Lipinski definition) is 4. The van der Waals surface area contributed by atoms with E-state index in [0.717, 1.165) is 23.6 Å². The number of carbonyl (C=O) groups is 1. The minimum absolute atomic E-state index is 0.0485. The summed E-state index contributed by atoms with van der Waals surface area (Å²) in [5, 5.41) is 16.3. The molecule has 112 valence electrons. The van der Waals surface area contributed by atoms with Gasteiger partial charge in [0, 0.05) is 25.3 Å². The second kappa shape index (κ2) is 5.53. The number of aryl methyl sites for hydroxylation is 2. The summed E-state index contributed by atoms with van der Waals surface area (Å²) in [5.74, 6) is 0.874. The van der Waals surface area contributed by atoms with Crippen LogP contribution in [0.5, 0.6) is 0 Å². The van der Waals surface area contributed by atoms with Gasteiger partial charge in [-0.2, -0.15) is 10.4 Å². The highest BCUT2D eigenvalue weighted by Gasteiger charge is 2.34. The molecule has 0 saturated carbocycles. The second-order valence-corrected chi connectivity index (χ2v) is 5.43. The van der Waals surface area contributed by atoms with Gasteiger partial charge in [-0.05, 0) is 37.6 Å². The summed E-state index contributed by atoms with van der Waals surface area (Å²) in [6.45, 7) is 2.59. The lowest BCUT2D eigenvalue weighted by Crippen LogP contribution is -2.34. The quantitative estimate of drug-likeness (QED) is 0.937. The third kappa shape index (κ3) is 2.53. The average molecular weight is 295 g/mol. The van der Waals surface area contributed by atoms with Crippen LogP contribution in [-0.4, -0.2) is 28.3 Å². The Balaban J connectivity index is 1.73. The molecule has 1 saturated heterocycles. The van der Waals surface area contributed by atoms with E-state index in [0.29, 0.717) is 12.1 Å². The summed E-state index contributed by atoms with van der Waals surface area (Å²) in [6, 6.07) is 10.9. The monoisotopic (exact) mass is 295 g/mol. The first-order valence-electron chi connectivity index (χ1n) is 7.17. The molecule has 1 atom stereocenters. The molecule has 1 fully saturated rings. The number of nitrogens with one attached hydrogen (secondary N) is 1. The van der Waals surface area contributed by atoms with Crippen LogP contribution in [-0.2, 0) is 11.8 Å².